The molecule has 1 spiro atoms. The quantitative estimate of drug-likeness (QED) is 0.184. The van der Waals surface area contributed by atoms with Gasteiger partial charge in [0.05, 0.1) is 10.4 Å². The van der Waals surface area contributed by atoms with E-state index in [4.69, 9.17) is 5.10 Å². The van der Waals surface area contributed by atoms with Crippen LogP contribution in [0.3, 0.4) is 0 Å². The maximum Gasteiger partial charge on any atom is 0.219 e. The highest BCUT2D eigenvalue weighted by Gasteiger charge is 2.61. The minimum absolute atomic E-state index is 0.0698. The van der Waals surface area contributed by atoms with Gasteiger partial charge >= 0.3 is 0 Å². The number of hydrogen-bond acceptors (Lipinski definition) is 5. The second-order valence-electron chi connectivity index (χ2n) is 9.63. The fourth-order valence-electron chi connectivity index (χ4n) is 5.52. The first-order valence-electron chi connectivity index (χ1n) is 13.0. The molecular weight excluding hydrogens is 596 g/mol. The zero-order chi connectivity index (χ0) is 27.2. The SMILES string of the molecule is O=C(C1=NN(c2ccc(Br)cc2)C2(S1)SC(c1ccccc1)(c1ccccc1)c1ccccc12)c1ccccc1. The minimum atomic E-state index is -0.712. The number of rotatable bonds is 5. The summed E-state index contributed by atoms with van der Waals surface area (Å²) < 4.78 is -0.236. The van der Waals surface area contributed by atoms with E-state index >= 15 is 0 Å². The molecule has 6 heteroatoms. The predicted molar refractivity (Wildman–Crippen MR) is 171 cm³/mol. The van der Waals surface area contributed by atoms with Gasteiger partial charge in [0.25, 0.3) is 0 Å². The van der Waals surface area contributed by atoms with Gasteiger partial charge in [0.2, 0.25) is 5.78 Å². The van der Waals surface area contributed by atoms with Gasteiger partial charge in [-0.15, -0.1) is 0 Å². The fraction of sp³-hybridized carbons (Fsp3) is 0.0588. The van der Waals surface area contributed by atoms with E-state index in [9.17, 15) is 4.79 Å². The largest absolute Gasteiger partial charge is 0.286 e. The highest BCUT2D eigenvalue weighted by Crippen LogP contribution is 2.70. The maximum atomic E-state index is 13.8. The average Bonchev–Trinajstić information content (AvgIpc) is 3.55. The van der Waals surface area contributed by atoms with E-state index in [-0.39, 0.29) is 5.78 Å². The van der Waals surface area contributed by atoms with Gasteiger partial charge in [-0.05, 0) is 41.0 Å². The van der Waals surface area contributed by atoms with Gasteiger partial charge in [-0.2, -0.15) is 5.10 Å². The second kappa shape index (κ2) is 10.1. The number of nitrogens with zero attached hydrogens (tertiary/aromatic N) is 2. The molecule has 0 radical (unpaired) electrons. The molecule has 1 atom stereocenters. The van der Waals surface area contributed by atoms with Crippen molar-refractivity contribution in [3.63, 3.8) is 0 Å². The summed E-state index contributed by atoms with van der Waals surface area (Å²) in [6.07, 6.45) is 0. The summed E-state index contributed by atoms with van der Waals surface area (Å²) in [4.78, 5) is 13.8. The fourth-order valence-corrected chi connectivity index (χ4v) is 9.41. The Morgan fingerprint density at radius 3 is 1.77 bits per heavy atom. The molecule has 0 bridgehead atoms. The van der Waals surface area contributed by atoms with Crippen LogP contribution in [0.4, 0.5) is 5.69 Å². The van der Waals surface area contributed by atoms with Crippen LogP contribution in [0, 0.1) is 0 Å². The van der Waals surface area contributed by atoms with Gasteiger partial charge in [0.15, 0.2) is 9.25 Å². The highest BCUT2D eigenvalue weighted by molar-refractivity contribution is 9.10. The summed E-state index contributed by atoms with van der Waals surface area (Å²) in [5.74, 6) is -0.0698. The zero-order valence-corrected chi connectivity index (χ0v) is 24.5. The number of benzene rings is 5. The molecule has 7 rings (SSSR count). The molecule has 5 aromatic rings. The van der Waals surface area contributed by atoms with Crippen molar-refractivity contribution in [3.05, 3.63) is 172 Å². The van der Waals surface area contributed by atoms with Crippen LogP contribution in [0.1, 0.15) is 32.6 Å². The molecular formula is C34H23BrN2OS2. The van der Waals surface area contributed by atoms with Crippen LogP contribution in [0.5, 0.6) is 0 Å². The Morgan fingerprint density at radius 2 is 1.18 bits per heavy atom. The van der Waals surface area contributed by atoms with Crippen LogP contribution in [-0.4, -0.2) is 10.8 Å². The van der Waals surface area contributed by atoms with Crippen LogP contribution < -0.4 is 5.01 Å². The van der Waals surface area contributed by atoms with E-state index in [0.717, 1.165) is 15.7 Å². The molecule has 0 saturated carbocycles. The molecule has 194 valence electrons. The Morgan fingerprint density at radius 1 is 0.650 bits per heavy atom. The average molecular weight is 620 g/mol. The van der Waals surface area contributed by atoms with Crippen molar-refractivity contribution < 1.29 is 4.79 Å². The number of Topliss-reactive ketones (excluding diaryl/α,β-unsaturated/α-hetero) is 1. The van der Waals surface area contributed by atoms with Gasteiger partial charge in [-0.3, -0.25) is 4.79 Å². The first-order chi connectivity index (χ1) is 19.6. The molecule has 5 aromatic carbocycles. The van der Waals surface area contributed by atoms with Crippen molar-refractivity contribution in [3.8, 4) is 0 Å². The van der Waals surface area contributed by atoms with Gasteiger partial charge < -0.3 is 0 Å². The van der Waals surface area contributed by atoms with E-state index in [1.165, 1.54) is 16.7 Å². The third-order valence-electron chi connectivity index (χ3n) is 7.30. The van der Waals surface area contributed by atoms with Gasteiger partial charge in [0.1, 0.15) is 0 Å². The Labute approximate surface area is 250 Å². The van der Waals surface area contributed by atoms with Crippen molar-refractivity contribution >= 4 is 56.0 Å². The van der Waals surface area contributed by atoms with Crippen LogP contribution in [-0.2, 0) is 8.95 Å². The molecule has 2 heterocycles. The van der Waals surface area contributed by atoms with Gasteiger partial charge in [-0.1, -0.05) is 155 Å². The van der Waals surface area contributed by atoms with Crippen molar-refractivity contribution in [1.82, 2.24) is 0 Å². The molecule has 40 heavy (non-hydrogen) atoms. The van der Waals surface area contributed by atoms with Crippen LogP contribution in [0.15, 0.2) is 149 Å². The van der Waals surface area contributed by atoms with E-state index in [2.05, 4.69) is 118 Å². The summed E-state index contributed by atoms with van der Waals surface area (Å²) in [5, 5.41) is 7.61. The van der Waals surface area contributed by atoms with Crippen molar-refractivity contribution in [2.75, 3.05) is 5.01 Å². The van der Waals surface area contributed by atoms with Crippen molar-refractivity contribution in [2.24, 2.45) is 5.10 Å². The summed E-state index contributed by atoms with van der Waals surface area (Å²) >= 11 is 6.96. The summed E-state index contributed by atoms with van der Waals surface area (Å²) in [6.45, 7) is 0. The third-order valence-corrected chi connectivity index (χ3v) is 11.1. The molecule has 1 unspecified atom stereocenters. The number of anilines is 1. The van der Waals surface area contributed by atoms with Gasteiger partial charge in [-0.25, -0.2) is 5.01 Å². The number of thioether (sulfide) groups is 2. The lowest BCUT2D eigenvalue weighted by molar-refractivity contribution is 0.106. The summed E-state index contributed by atoms with van der Waals surface area (Å²) in [7, 11) is 0. The smallest absolute Gasteiger partial charge is 0.219 e. The van der Waals surface area contributed by atoms with E-state index in [1.54, 1.807) is 11.8 Å². The Bertz CT molecular complexity index is 1690. The molecule has 3 nitrogen and oxygen atoms in total. The normalized spacial score (nSPS) is 18.9. The number of ketones is 1. The molecule has 0 N–H and O–H groups in total. The number of hydrazone groups is 1. The number of halogens is 1. The molecule has 2 aliphatic heterocycles. The second-order valence-corrected chi connectivity index (χ2v) is 13.4. The topological polar surface area (TPSA) is 32.7 Å². The Hall–Kier alpha value is -3.58. The maximum absolute atomic E-state index is 13.8. The molecule has 0 aromatic heterocycles. The van der Waals surface area contributed by atoms with Crippen LogP contribution in [0.2, 0.25) is 0 Å². The minimum Gasteiger partial charge on any atom is -0.286 e. The highest BCUT2D eigenvalue weighted by atomic mass is 79.9. The standard InChI is InChI=1S/C34H23BrN2OS2/c35-27-20-22-28(23-21-27)37-34(39-32(36-37)31(38)24-12-4-1-5-13-24)30-19-11-10-18-29(30)33(40-34,25-14-6-2-7-15-25)26-16-8-3-9-17-26/h1-23H. The van der Waals surface area contributed by atoms with E-state index < -0.39 is 8.95 Å². The first-order valence-corrected chi connectivity index (χ1v) is 15.4. The van der Waals surface area contributed by atoms with E-state index in [1.807, 2.05) is 54.2 Å². The first kappa shape index (κ1) is 25.4. The summed E-state index contributed by atoms with van der Waals surface area (Å²) in [5.41, 5.74) is 6.28. The molecule has 2 aliphatic rings. The number of carbonyl (C=O) groups is 1. The number of hydrogen-bond donors (Lipinski definition) is 0. The Kier molecular flexibility index (Phi) is 6.42. The number of carbonyl (C=O) groups excluding carboxylic acids is 1. The van der Waals surface area contributed by atoms with E-state index in [0.29, 0.717) is 10.6 Å². The molecule has 0 aliphatic carbocycles. The summed E-state index contributed by atoms with van der Waals surface area (Å²) in [6, 6.07) is 47.5. The Balaban J connectivity index is 1.47. The van der Waals surface area contributed by atoms with Crippen LogP contribution in [0.25, 0.3) is 0 Å². The predicted octanol–water partition coefficient (Wildman–Crippen LogP) is 9.05. The molecule has 0 saturated heterocycles. The molecule has 0 amide bonds. The zero-order valence-electron chi connectivity index (χ0n) is 21.3. The molecule has 0 fully saturated rings. The lowest BCUT2D eigenvalue weighted by atomic mass is 9.82. The third kappa shape index (κ3) is 3.97. The lowest BCUT2D eigenvalue weighted by Crippen LogP contribution is -2.34. The van der Waals surface area contributed by atoms with Crippen molar-refractivity contribution in [1.29, 1.82) is 0 Å². The number of fused-ring (bicyclic) bond motifs is 2. The lowest BCUT2D eigenvalue weighted by Gasteiger charge is -2.37. The monoisotopic (exact) mass is 618 g/mol. The van der Waals surface area contributed by atoms with Crippen LogP contribution >= 0.6 is 39.5 Å². The van der Waals surface area contributed by atoms with Gasteiger partial charge in [0, 0.05) is 15.6 Å². The van der Waals surface area contributed by atoms with Crippen molar-refractivity contribution in [2.45, 2.75) is 8.95 Å².